The first-order valence-corrected chi connectivity index (χ1v) is 6.83. The van der Waals surface area contributed by atoms with Gasteiger partial charge in [0, 0.05) is 42.1 Å². The van der Waals surface area contributed by atoms with Crippen LogP contribution in [0.4, 0.5) is 0 Å². The van der Waals surface area contributed by atoms with E-state index in [9.17, 15) is 4.21 Å². The summed E-state index contributed by atoms with van der Waals surface area (Å²) in [6, 6.07) is 0.145. The van der Waals surface area contributed by atoms with E-state index in [1.165, 1.54) is 0 Å². The predicted octanol–water partition coefficient (Wildman–Crippen LogP) is 0.526. The van der Waals surface area contributed by atoms with Crippen LogP contribution in [-0.4, -0.2) is 48.7 Å². The first kappa shape index (κ1) is 15.0. The third-order valence-corrected chi connectivity index (χ3v) is 3.33. The Morgan fingerprint density at radius 1 is 1.27 bits per heavy atom. The first-order chi connectivity index (χ1) is 7.16. The number of ether oxygens (including phenoxy) is 2. The van der Waals surface area contributed by atoms with Crippen molar-refractivity contribution < 1.29 is 13.7 Å². The van der Waals surface area contributed by atoms with Crippen LogP contribution >= 0.6 is 0 Å². The van der Waals surface area contributed by atoms with Crippen LogP contribution in [0.1, 0.15) is 19.8 Å². The fraction of sp³-hybridized carbons (Fsp3) is 1.00. The van der Waals surface area contributed by atoms with Crippen LogP contribution in [-0.2, 0) is 20.3 Å². The number of hydrogen-bond acceptors (Lipinski definition) is 4. The number of hydrogen-bond donors (Lipinski definition) is 1. The number of rotatable bonds is 10. The third kappa shape index (κ3) is 12.0. The molecule has 2 N–H and O–H groups in total. The van der Waals surface area contributed by atoms with E-state index >= 15 is 0 Å². The van der Waals surface area contributed by atoms with Crippen molar-refractivity contribution in [2.24, 2.45) is 5.73 Å². The third-order valence-electron chi connectivity index (χ3n) is 1.89. The van der Waals surface area contributed by atoms with Gasteiger partial charge in [0.25, 0.3) is 0 Å². The highest BCUT2D eigenvalue weighted by Crippen LogP contribution is 1.94. The Hall–Kier alpha value is 0.0300. The molecule has 0 bridgehead atoms. The molecule has 0 radical (unpaired) electrons. The Bertz CT molecular complexity index is 165. The fourth-order valence-electron chi connectivity index (χ4n) is 0.986. The molecule has 0 saturated carbocycles. The summed E-state index contributed by atoms with van der Waals surface area (Å²) in [5, 5.41) is 0. The quantitative estimate of drug-likeness (QED) is 0.563. The lowest BCUT2D eigenvalue weighted by Gasteiger charge is -2.05. The van der Waals surface area contributed by atoms with Gasteiger partial charge in [0.05, 0.1) is 13.2 Å². The van der Waals surface area contributed by atoms with Crippen LogP contribution in [0.5, 0.6) is 0 Å². The van der Waals surface area contributed by atoms with Crippen LogP contribution < -0.4 is 5.73 Å². The van der Waals surface area contributed by atoms with Crippen LogP contribution in [0.3, 0.4) is 0 Å². The van der Waals surface area contributed by atoms with E-state index in [1.807, 2.05) is 6.92 Å². The Morgan fingerprint density at radius 2 is 2.00 bits per heavy atom. The minimum Gasteiger partial charge on any atom is -0.382 e. The molecule has 0 saturated heterocycles. The molecule has 0 rings (SSSR count). The van der Waals surface area contributed by atoms with Gasteiger partial charge in [-0.3, -0.25) is 4.21 Å². The van der Waals surface area contributed by atoms with Gasteiger partial charge in [-0.2, -0.15) is 0 Å². The highest BCUT2D eigenvalue weighted by Gasteiger charge is 2.01. The molecule has 0 fully saturated rings. The van der Waals surface area contributed by atoms with Gasteiger partial charge >= 0.3 is 0 Å². The lowest BCUT2D eigenvalue weighted by molar-refractivity contribution is 0.0713. The summed E-state index contributed by atoms with van der Waals surface area (Å²) in [5.74, 6) is 1.41. The molecule has 0 aromatic rings. The second kappa shape index (κ2) is 10.5. The van der Waals surface area contributed by atoms with Gasteiger partial charge < -0.3 is 15.2 Å². The summed E-state index contributed by atoms with van der Waals surface area (Å²) < 4.78 is 21.5. The Balaban J connectivity index is 3.17. The lowest BCUT2D eigenvalue weighted by Crippen LogP contribution is -2.19. The average molecular weight is 237 g/mol. The van der Waals surface area contributed by atoms with Crippen molar-refractivity contribution >= 4 is 10.8 Å². The molecule has 0 aromatic carbocycles. The van der Waals surface area contributed by atoms with Crippen molar-refractivity contribution in [1.82, 2.24) is 0 Å². The minimum atomic E-state index is -0.739. The summed E-state index contributed by atoms with van der Waals surface area (Å²) >= 11 is 0. The van der Waals surface area contributed by atoms with E-state index in [0.717, 1.165) is 12.8 Å². The maximum absolute atomic E-state index is 11.4. The molecule has 0 spiro atoms. The molecule has 0 heterocycles. The van der Waals surface area contributed by atoms with Crippen molar-refractivity contribution in [2.75, 3.05) is 38.4 Å². The van der Waals surface area contributed by atoms with E-state index < -0.39 is 10.8 Å². The van der Waals surface area contributed by atoms with Gasteiger partial charge in [0.15, 0.2) is 0 Å². The Kier molecular flexibility index (Phi) is 10.6. The second-order valence-electron chi connectivity index (χ2n) is 3.57. The zero-order valence-corrected chi connectivity index (χ0v) is 10.6. The molecular weight excluding hydrogens is 214 g/mol. The van der Waals surface area contributed by atoms with Gasteiger partial charge in [-0.1, -0.05) is 0 Å². The summed E-state index contributed by atoms with van der Waals surface area (Å²) in [4.78, 5) is 0. The van der Waals surface area contributed by atoms with Crippen LogP contribution in [0, 0.1) is 0 Å². The molecule has 0 amide bonds. The van der Waals surface area contributed by atoms with Gasteiger partial charge in [0.2, 0.25) is 0 Å². The fourth-order valence-corrected chi connectivity index (χ4v) is 2.26. The van der Waals surface area contributed by atoms with E-state index in [4.69, 9.17) is 15.2 Å². The molecule has 0 aliphatic heterocycles. The van der Waals surface area contributed by atoms with Crippen molar-refractivity contribution in [1.29, 1.82) is 0 Å². The standard InChI is InChI=1S/C10H23NO3S/c1-10(11)4-9-15(12)8-3-5-14-7-6-13-2/h10H,3-9,11H2,1-2H3. The molecule has 92 valence electrons. The van der Waals surface area contributed by atoms with Gasteiger partial charge in [0.1, 0.15) is 0 Å². The van der Waals surface area contributed by atoms with Gasteiger partial charge in [-0.15, -0.1) is 0 Å². The molecule has 0 aromatic heterocycles. The summed E-state index contributed by atoms with van der Waals surface area (Å²) in [6.07, 6.45) is 1.67. The summed E-state index contributed by atoms with van der Waals surface area (Å²) in [7, 11) is 0.906. The topological polar surface area (TPSA) is 61.5 Å². The minimum absolute atomic E-state index is 0.145. The average Bonchev–Trinajstić information content (AvgIpc) is 2.20. The zero-order chi connectivity index (χ0) is 11.5. The maximum Gasteiger partial charge on any atom is 0.0700 e. The van der Waals surface area contributed by atoms with Crippen LogP contribution in [0.15, 0.2) is 0 Å². The smallest absolute Gasteiger partial charge is 0.0700 e. The Morgan fingerprint density at radius 3 is 2.60 bits per heavy atom. The molecule has 0 aliphatic rings. The molecule has 2 atom stereocenters. The normalized spacial score (nSPS) is 15.1. The Labute approximate surface area is 95.0 Å². The SMILES string of the molecule is COCCOCCCS(=O)CCC(C)N. The van der Waals surface area contributed by atoms with Crippen molar-refractivity contribution in [2.45, 2.75) is 25.8 Å². The van der Waals surface area contributed by atoms with Crippen molar-refractivity contribution in [3.63, 3.8) is 0 Å². The summed E-state index contributed by atoms with van der Waals surface area (Å²) in [5.41, 5.74) is 5.58. The molecule has 5 heteroatoms. The zero-order valence-electron chi connectivity index (χ0n) is 9.74. The molecule has 4 nitrogen and oxygen atoms in total. The predicted molar refractivity (Wildman–Crippen MR) is 63.5 cm³/mol. The van der Waals surface area contributed by atoms with E-state index in [2.05, 4.69) is 0 Å². The summed E-state index contributed by atoms with van der Waals surface area (Å²) in [6.45, 7) is 3.83. The van der Waals surface area contributed by atoms with Crippen molar-refractivity contribution in [3.05, 3.63) is 0 Å². The maximum atomic E-state index is 11.4. The van der Waals surface area contributed by atoms with Gasteiger partial charge in [-0.25, -0.2) is 0 Å². The monoisotopic (exact) mass is 237 g/mol. The molecule has 0 aliphatic carbocycles. The largest absolute Gasteiger partial charge is 0.382 e. The van der Waals surface area contributed by atoms with E-state index in [1.54, 1.807) is 7.11 Å². The lowest BCUT2D eigenvalue weighted by atomic mass is 10.3. The van der Waals surface area contributed by atoms with Crippen LogP contribution in [0.2, 0.25) is 0 Å². The van der Waals surface area contributed by atoms with E-state index in [-0.39, 0.29) is 6.04 Å². The number of nitrogens with two attached hydrogens (primary N) is 1. The van der Waals surface area contributed by atoms with Gasteiger partial charge in [-0.05, 0) is 19.8 Å². The van der Waals surface area contributed by atoms with Crippen molar-refractivity contribution in [3.8, 4) is 0 Å². The second-order valence-corrected chi connectivity index (χ2v) is 5.27. The highest BCUT2D eigenvalue weighted by atomic mass is 32.2. The van der Waals surface area contributed by atoms with E-state index in [0.29, 0.717) is 31.3 Å². The number of methoxy groups -OCH3 is 1. The molecular formula is C10H23NO3S. The molecule has 15 heavy (non-hydrogen) atoms. The molecule has 2 unspecified atom stereocenters. The van der Waals surface area contributed by atoms with Crippen LogP contribution in [0.25, 0.3) is 0 Å². The highest BCUT2D eigenvalue weighted by molar-refractivity contribution is 7.84. The first-order valence-electron chi connectivity index (χ1n) is 5.34.